The minimum atomic E-state index is -0.0266. The van der Waals surface area contributed by atoms with Crippen LogP contribution in [-0.2, 0) is 16.1 Å². The van der Waals surface area contributed by atoms with Gasteiger partial charge >= 0.3 is 0 Å². The Labute approximate surface area is 142 Å². The van der Waals surface area contributed by atoms with Gasteiger partial charge < -0.3 is 9.80 Å². The summed E-state index contributed by atoms with van der Waals surface area (Å²) in [5.74, 6) is 2.45. The van der Waals surface area contributed by atoms with Crippen molar-refractivity contribution < 1.29 is 9.59 Å². The summed E-state index contributed by atoms with van der Waals surface area (Å²) in [5, 5.41) is 0. The molecular formula is C18H24N2O2S. The van der Waals surface area contributed by atoms with E-state index < -0.39 is 0 Å². The average Bonchev–Trinajstić information content (AvgIpc) is 2.59. The Morgan fingerprint density at radius 2 is 1.91 bits per heavy atom. The summed E-state index contributed by atoms with van der Waals surface area (Å²) in [6.07, 6.45) is 1.19. The molecule has 0 saturated carbocycles. The Morgan fingerprint density at radius 1 is 1.22 bits per heavy atom. The fraction of sp³-hybridized carbons (Fsp3) is 0.556. The molecule has 1 unspecified atom stereocenters. The normalized spacial score (nSPS) is 22.3. The highest BCUT2D eigenvalue weighted by atomic mass is 32.2. The standard InChI is InChI=1S/C18H24N2O2S/c1-14-2-4-15(5-3-14)12-20-13-16(6-7-17(20)21)18(22)19-8-10-23-11-9-19/h2-5,16H,6-13H2,1H3. The number of rotatable bonds is 3. The first kappa shape index (κ1) is 16.4. The van der Waals surface area contributed by atoms with Gasteiger partial charge in [-0.05, 0) is 18.9 Å². The lowest BCUT2D eigenvalue weighted by Gasteiger charge is -2.36. The van der Waals surface area contributed by atoms with Gasteiger partial charge in [-0.2, -0.15) is 11.8 Å². The van der Waals surface area contributed by atoms with Crippen LogP contribution in [0.1, 0.15) is 24.0 Å². The Kier molecular flexibility index (Phi) is 5.26. The van der Waals surface area contributed by atoms with Gasteiger partial charge in [0.25, 0.3) is 0 Å². The summed E-state index contributed by atoms with van der Waals surface area (Å²) in [6.45, 7) is 4.94. The minimum absolute atomic E-state index is 0.0266. The molecule has 2 aliphatic heterocycles. The number of likely N-dealkylation sites (tertiary alicyclic amines) is 1. The van der Waals surface area contributed by atoms with E-state index in [1.807, 2.05) is 21.6 Å². The molecule has 2 fully saturated rings. The van der Waals surface area contributed by atoms with E-state index in [1.54, 1.807) is 0 Å². The molecule has 0 bridgehead atoms. The lowest BCUT2D eigenvalue weighted by Crippen LogP contribution is -2.48. The van der Waals surface area contributed by atoms with Gasteiger partial charge in [-0.3, -0.25) is 9.59 Å². The zero-order chi connectivity index (χ0) is 16.2. The minimum Gasteiger partial charge on any atom is -0.341 e. The second-order valence-electron chi connectivity index (χ2n) is 6.43. The third kappa shape index (κ3) is 4.08. The molecule has 4 nitrogen and oxygen atoms in total. The Bertz CT molecular complexity index is 567. The zero-order valence-corrected chi connectivity index (χ0v) is 14.5. The monoisotopic (exact) mass is 332 g/mol. The number of nitrogens with zero attached hydrogens (tertiary/aromatic N) is 2. The van der Waals surface area contributed by atoms with Crippen molar-refractivity contribution in [2.24, 2.45) is 5.92 Å². The number of aryl methyl sites for hydroxylation is 1. The maximum Gasteiger partial charge on any atom is 0.227 e. The SMILES string of the molecule is Cc1ccc(CN2CC(C(=O)N3CCSCC3)CCC2=O)cc1. The van der Waals surface area contributed by atoms with Crippen LogP contribution in [0.15, 0.2) is 24.3 Å². The van der Waals surface area contributed by atoms with Gasteiger partial charge in [-0.15, -0.1) is 0 Å². The fourth-order valence-corrected chi connectivity index (χ4v) is 4.13. The van der Waals surface area contributed by atoms with E-state index in [2.05, 4.69) is 31.2 Å². The number of carbonyl (C=O) groups is 2. The summed E-state index contributed by atoms with van der Waals surface area (Å²) >= 11 is 1.91. The van der Waals surface area contributed by atoms with Crippen molar-refractivity contribution in [2.45, 2.75) is 26.3 Å². The largest absolute Gasteiger partial charge is 0.341 e. The van der Waals surface area contributed by atoms with Crippen LogP contribution < -0.4 is 0 Å². The molecule has 2 aliphatic rings. The van der Waals surface area contributed by atoms with E-state index in [1.165, 1.54) is 5.56 Å². The lowest BCUT2D eigenvalue weighted by molar-refractivity contribution is -0.143. The van der Waals surface area contributed by atoms with Gasteiger partial charge in [0.15, 0.2) is 0 Å². The van der Waals surface area contributed by atoms with E-state index in [-0.39, 0.29) is 17.7 Å². The van der Waals surface area contributed by atoms with Gasteiger partial charge in [0.05, 0.1) is 5.92 Å². The molecule has 1 atom stereocenters. The Balaban J connectivity index is 1.63. The summed E-state index contributed by atoms with van der Waals surface area (Å²) in [7, 11) is 0. The van der Waals surface area contributed by atoms with E-state index >= 15 is 0 Å². The molecule has 0 spiro atoms. The second kappa shape index (κ2) is 7.39. The van der Waals surface area contributed by atoms with E-state index in [9.17, 15) is 9.59 Å². The molecule has 124 valence electrons. The molecule has 0 N–H and O–H groups in total. The predicted octanol–water partition coefficient (Wildman–Crippen LogP) is 2.31. The summed E-state index contributed by atoms with van der Waals surface area (Å²) in [5.41, 5.74) is 2.35. The van der Waals surface area contributed by atoms with Gasteiger partial charge in [0.1, 0.15) is 0 Å². The molecule has 2 heterocycles. The Morgan fingerprint density at radius 3 is 2.61 bits per heavy atom. The number of thioether (sulfide) groups is 1. The van der Waals surface area contributed by atoms with Gasteiger partial charge in [-0.25, -0.2) is 0 Å². The average molecular weight is 332 g/mol. The van der Waals surface area contributed by atoms with Crippen LogP contribution in [-0.4, -0.2) is 52.8 Å². The number of benzene rings is 1. The highest BCUT2D eigenvalue weighted by molar-refractivity contribution is 7.99. The molecule has 1 aromatic carbocycles. The fourth-order valence-electron chi connectivity index (χ4n) is 3.23. The molecule has 5 heteroatoms. The van der Waals surface area contributed by atoms with Crippen molar-refractivity contribution >= 4 is 23.6 Å². The molecule has 3 rings (SSSR count). The van der Waals surface area contributed by atoms with Gasteiger partial charge in [-0.1, -0.05) is 29.8 Å². The number of carbonyl (C=O) groups excluding carboxylic acids is 2. The summed E-state index contributed by atoms with van der Waals surface area (Å²) in [6, 6.07) is 8.27. The van der Waals surface area contributed by atoms with Crippen LogP contribution in [0.25, 0.3) is 0 Å². The highest BCUT2D eigenvalue weighted by Gasteiger charge is 2.33. The highest BCUT2D eigenvalue weighted by Crippen LogP contribution is 2.23. The van der Waals surface area contributed by atoms with Crippen LogP contribution in [0.2, 0.25) is 0 Å². The molecule has 0 aliphatic carbocycles. The van der Waals surface area contributed by atoms with E-state index in [0.29, 0.717) is 25.9 Å². The second-order valence-corrected chi connectivity index (χ2v) is 7.66. The maximum absolute atomic E-state index is 12.7. The topological polar surface area (TPSA) is 40.6 Å². The molecule has 0 aromatic heterocycles. The van der Waals surface area contributed by atoms with E-state index in [0.717, 1.165) is 30.2 Å². The number of hydrogen-bond donors (Lipinski definition) is 0. The first-order chi connectivity index (χ1) is 11.1. The van der Waals surface area contributed by atoms with Crippen molar-refractivity contribution in [1.82, 2.24) is 9.80 Å². The lowest BCUT2D eigenvalue weighted by atomic mass is 9.95. The molecular weight excluding hydrogens is 308 g/mol. The van der Waals surface area contributed by atoms with Crippen molar-refractivity contribution in [3.05, 3.63) is 35.4 Å². The number of hydrogen-bond acceptors (Lipinski definition) is 3. The molecule has 2 saturated heterocycles. The Hall–Kier alpha value is -1.49. The number of piperidine rings is 1. The molecule has 1 aromatic rings. The quantitative estimate of drug-likeness (QED) is 0.853. The molecule has 23 heavy (non-hydrogen) atoms. The van der Waals surface area contributed by atoms with Crippen LogP contribution in [0, 0.1) is 12.8 Å². The van der Waals surface area contributed by atoms with E-state index in [4.69, 9.17) is 0 Å². The van der Waals surface area contributed by atoms with Crippen LogP contribution in [0.4, 0.5) is 0 Å². The maximum atomic E-state index is 12.7. The first-order valence-electron chi connectivity index (χ1n) is 8.33. The van der Waals surface area contributed by atoms with Gasteiger partial charge in [0.2, 0.25) is 11.8 Å². The van der Waals surface area contributed by atoms with Crippen molar-refractivity contribution in [2.75, 3.05) is 31.1 Å². The van der Waals surface area contributed by atoms with Crippen LogP contribution in [0.3, 0.4) is 0 Å². The van der Waals surface area contributed by atoms with Crippen LogP contribution in [0.5, 0.6) is 0 Å². The molecule has 2 amide bonds. The van der Waals surface area contributed by atoms with Gasteiger partial charge in [0, 0.05) is 44.1 Å². The first-order valence-corrected chi connectivity index (χ1v) is 9.49. The van der Waals surface area contributed by atoms with Crippen molar-refractivity contribution in [3.63, 3.8) is 0 Å². The smallest absolute Gasteiger partial charge is 0.227 e. The van der Waals surface area contributed by atoms with Crippen LogP contribution >= 0.6 is 11.8 Å². The summed E-state index contributed by atoms with van der Waals surface area (Å²) in [4.78, 5) is 28.7. The predicted molar refractivity (Wildman–Crippen MR) is 93.2 cm³/mol. The number of amides is 2. The molecule has 0 radical (unpaired) electrons. The van der Waals surface area contributed by atoms with Crippen molar-refractivity contribution in [1.29, 1.82) is 0 Å². The zero-order valence-electron chi connectivity index (χ0n) is 13.7. The summed E-state index contributed by atoms with van der Waals surface area (Å²) < 4.78 is 0. The third-order valence-corrected chi connectivity index (χ3v) is 5.61. The van der Waals surface area contributed by atoms with Crippen molar-refractivity contribution in [3.8, 4) is 0 Å². The third-order valence-electron chi connectivity index (χ3n) is 4.67.